The minimum atomic E-state index is -0.436. The fraction of sp³-hybridized carbons (Fsp3) is 0.0169. The molecule has 0 aliphatic heterocycles. The van der Waals surface area contributed by atoms with Crippen LogP contribution in [0.3, 0.4) is 0 Å². The Bertz CT molecular complexity index is 3770. The second-order valence-electron chi connectivity index (χ2n) is 16.8. The van der Waals surface area contributed by atoms with Gasteiger partial charge < -0.3 is 4.57 Å². The summed E-state index contributed by atoms with van der Waals surface area (Å²) in [5.74, 6) is 1.51. The third-order valence-corrected chi connectivity index (χ3v) is 13.7. The summed E-state index contributed by atoms with van der Waals surface area (Å²) in [6, 6.07) is 79.5. The maximum atomic E-state index is 5.34. The van der Waals surface area contributed by atoms with E-state index in [4.69, 9.17) is 9.97 Å². The second-order valence-corrected chi connectivity index (χ2v) is 16.8. The molecule has 4 nitrogen and oxygen atoms in total. The molecule has 0 fully saturated rings. The molecule has 0 saturated heterocycles. The van der Waals surface area contributed by atoms with Crippen LogP contribution in [0.4, 0.5) is 0 Å². The number of aromatic nitrogens is 4. The highest BCUT2D eigenvalue weighted by molar-refractivity contribution is 6.17. The van der Waals surface area contributed by atoms with E-state index in [-0.39, 0.29) is 0 Å². The summed E-state index contributed by atoms with van der Waals surface area (Å²) in [5.41, 5.74) is 18.6. The van der Waals surface area contributed by atoms with Gasteiger partial charge in [-0.05, 0) is 69.3 Å². The molecule has 0 N–H and O–H groups in total. The van der Waals surface area contributed by atoms with Gasteiger partial charge in [0, 0.05) is 50.0 Å². The largest absolute Gasteiger partial charge is 0.309 e. The van der Waals surface area contributed by atoms with E-state index in [1.807, 2.05) is 6.07 Å². The number of nitrogens with zero attached hydrogens (tertiary/aromatic N) is 4. The average molecular weight is 801 g/mol. The summed E-state index contributed by atoms with van der Waals surface area (Å²) in [6.45, 7) is 0. The lowest BCUT2D eigenvalue weighted by Crippen LogP contribution is -2.25. The molecule has 3 heterocycles. The van der Waals surface area contributed by atoms with Crippen molar-refractivity contribution in [3.63, 3.8) is 0 Å². The van der Waals surface area contributed by atoms with Crippen molar-refractivity contribution in [3.8, 4) is 56.4 Å². The van der Waals surface area contributed by atoms with Gasteiger partial charge in [-0.2, -0.15) is 0 Å². The second kappa shape index (κ2) is 12.8. The van der Waals surface area contributed by atoms with E-state index in [9.17, 15) is 0 Å². The first-order valence-corrected chi connectivity index (χ1v) is 21.7. The number of fused-ring (bicyclic) bond motifs is 17. The number of rotatable bonds is 4. The zero-order chi connectivity index (χ0) is 41.2. The fourth-order valence-electron chi connectivity index (χ4n) is 11.3. The lowest BCUT2D eigenvalue weighted by Gasteiger charge is -2.30. The first-order chi connectivity index (χ1) is 31.3. The van der Waals surface area contributed by atoms with Crippen LogP contribution < -0.4 is 0 Å². The monoisotopic (exact) mass is 800 g/mol. The molecule has 292 valence electrons. The van der Waals surface area contributed by atoms with Gasteiger partial charge in [-0.3, -0.25) is 4.57 Å². The molecule has 4 heteroatoms. The van der Waals surface area contributed by atoms with E-state index in [1.165, 1.54) is 77.1 Å². The quantitative estimate of drug-likeness (QED) is 0.178. The summed E-state index contributed by atoms with van der Waals surface area (Å²) < 4.78 is 4.79. The van der Waals surface area contributed by atoms with Crippen LogP contribution in [0.1, 0.15) is 22.3 Å². The van der Waals surface area contributed by atoms with E-state index in [0.29, 0.717) is 5.82 Å². The molecule has 2 aliphatic rings. The Morgan fingerprint density at radius 2 is 0.873 bits per heavy atom. The minimum Gasteiger partial charge on any atom is -0.309 e. The normalized spacial score (nSPS) is 13.2. The van der Waals surface area contributed by atoms with Crippen LogP contribution in [0.5, 0.6) is 0 Å². The van der Waals surface area contributed by atoms with Gasteiger partial charge in [0.15, 0.2) is 5.82 Å². The van der Waals surface area contributed by atoms with Crippen LogP contribution in [0.2, 0.25) is 0 Å². The Morgan fingerprint density at radius 3 is 1.54 bits per heavy atom. The highest BCUT2D eigenvalue weighted by atomic mass is 15.1. The number of para-hydroxylation sites is 3. The minimum absolute atomic E-state index is 0.436. The van der Waals surface area contributed by atoms with Gasteiger partial charge in [-0.25, -0.2) is 9.97 Å². The van der Waals surface area contributed by atoms with E-state index in [1.54, 1.807) is 0 Å². The number of hydrogen-bond acceptors (Lipinski definition) is 2. The van der Waals surface area contributed by atoms with Crippen molar-refractivity contribution < 1.29 is 0 Å². The van der Waals surface area contributed by atoms with Gasteiger partial charge >= 0.3 is 0 Å². The maximum absolute atomic E-state index is 5.34. The molecule has 0 radical (unpaired) electrons. The summed E-state index contributed by atoms with van der Waals surface area (Å²) in [6.07, 6.45) is 0. The molecule has 0 amide bonds. The average Bonchev–Trinajstić information content (AvgIpc) is 4.06. The van der Waals surface area contributed by atoms with Crippen molar-refractivity contribution in [2.24, 2.45) is 0 Å². The first kappa shape index (κ1) is 34.4. The van der Waals surface area contributed by atoms with Crippen molar-refractivity contribution in [2.45, 2.75) is 5.41 Å². The van der Waals surface area contributed by atoms with Gasteiger partial charge in [0.1, 0.15) is 5.82 Å². The SMILES string of the molecule is c1ccc(-c2nc(-c3cccc(-n4c5ccccc5c5ccc6c(c54)-c4ccccc4C64c5ccccc5-c5ccccc54)c3)cc(-n3c4ccccc4c4ccccc43)n2)cc1. The van der Waals surface area contributed by atoms with Crippen molar-refractivity contribution in [3.05, 3.63) is 241 Å². The standard InChI is InChI=1S/C59H36N4/c1-2-17-37(18-3-1)58-60-51(36-55(61-58)63-53-31-14-7-23-42(53)43-24-8-15-32-54(43)63)38-19-16-20-39(35-38)62-52-30-13-9-25-44(52)45-33-34-50-56(57(45)62)46-26-6-12-29-49(46)59(50)47-27-10-4-21-40(47)41-22-5-11-28-48(41)59/h1-36H. The number of hydrogen-bond donors (Lipinski definition) is 0. The van der Waals surface area contributed by atoms with Gasteiger partial charge in [0.25, 0.3) is 0 Å². The van der Waals surface area contributed by atoms with Crippen LogP contribution in [0.25, 0.3) is 100 Å². The molecule has 2 aliphatic carbocycles. The Labute approximate surface area is 363 Å². The summed E-state index contributed by atoms with van der Waals surface area (Å²) in [4.78, 5) is 10.6. The summed E-state index contributed by atoms with van der Waals surface area (Å²) in [5, 5.41) is 4.86. The molecule has 14 rings (SSSR count). The maximum Gasteiger partial charge on any atom is 0.162 e. The molecule has 12 aromatic rings. The lowest BCUT2D eigenvalue weighted by molar-refractivity contribution is 0.794. The summed E-state index contributed by atoms with van der Waals surface area (Å²) in [7, 11) is 0. The predicted octanol–water partition coefficient (Wildman–Crippen LogP) is 14.3. The Morgan fingerprint density at radius 1 is 0.349 bits per heavy atom. The van der Waals surface area contributed by atoms with Crippen LogP contribution in [0.15, 0.2) is 218 Å². The molecular weight excluding hydrogens is 765 g/mol. The molecule has 3 aromatic heterocycles. The van der Waals surface area contributed by atoms with Crippen LogP contribution in [-0.4, -0.2) is 19.1 Å². The predicted molar refractivity (Wildman–Crippen MR) is 258 cm³/mol. The van der Waals surface area contributed by atoms with Crippen molar-refractivity contribution in [2.75, 3.05) is 0 Å². The van der Waals surface area contributed by atoms with Gasteiger partial charge in [-0.1, -0.05) is 182 Å². The van der Waals surface area contributed by atoms with Crippen molar-refractivity contribution >= 4 is 43.6 Å². The van der Waals surface area contributed by atoms with Crippen LogP contribution in [0, 0.1) is 0 Å². The Hall–Kier alpha value is -8.34. The highest BCUT2D eigenvalue weighted by Crippen LogP contribution is 2.64. The third kappa shape index (κ3) is 4.59. The zero-order valence-corrected chi connectivity index (χ0v) is 34.1. The van der Waals surface area contributed by atoms with E-state index < -0.39 is 5.41 Å². The molecule has 0 saturated carbocycles. The van der Waals surface area contributed by atoms with Crippen LogP contribution >= 0.6 is 0 Å². The Kier molecular flexibility index (Phi) is 7.01. The first-order valence-electron chi connectivity index (χ1n) is 21.7. The van der Waals surface area contributed by atoms with Gasteiger partial charge in [0.05, 0.1) is 33.2 Å². The zero-order valence-electron chi connectivity index (χ0n) is 34.1. The molecule has 9 aromatic carbocycles. The topological polar surface area (TPSA) is 35.6 Å². The van der Waals surface area contributed by atoms with Gasteiger partial charge in [-0.15, -0.1) is 0 Å². The molecule has 1 spiro atoms. The lowest BCUT2D eigenvalue weighted by atomic mass is 9.70. The smallest absolute Gasteiger partial charge is 0.162 e. The van der Waals surface area contributed by atoms with E-state index in [2.05, 4.69) is 221 Å². The van der Waals surface area contributed by atoms with Crippen molar-refractivity contribution in [1.82, 2.24) is 19.1 Å². The van der Waals surface area contributed by atoms with E-state index in [0.717, 1.165) is 39.4 Å². The van der Waals surface area contributed by atoms with Gasteiger partial charge in [0.2, 0.25) is 0 Å². The summed E-state index contributed by atoms with van der Waals surface area (Å²) >= 11 is 0. The number of benzene rings is 9. The highest BCUT2D eigenvalue weighted by Gasteiger charge is 2.52. The Balaban J connectivity index is 1.04. The molecular formula is C59H36N4. The van der Waals surface area contributed by atoms with Crippen LogP contribution in [-0.2, 0) is 5.41 Å². The third-order valence-electron chi connectivity index (χ3n) is 13.7. The van der Waals surface area contributed by atoms with E-state index >= 15 is 0 Å². The molecule has 0 atom stereocenters. The molecule has 0 unspecified atom stereocenters. The van der Waals surface area contributed by atoms with Crippen molar-refractivity contribution in [1.29, 1.82) is 0 Å². The molecule has 63 heavy (non-hydrogen) atoms. The fourth-order valence-corrected chi connectivity index (χ4v) is 11.3. The molecule has 0 bridgehead atoms.